The molecule has 6 heteroatoms. The minimum Gasteiger partial charge on any atom is -0.373 e. The van der Waals surface area contributed by atoms with Gasteiger partial charge in [0, 0.05) is 18.8 Å². The number of aromatic nitrogens is 1. The number of hydrogen-bond acceptors (Lipinski definition) is 4. The van der Waals surface area contributed by atoms with Crippen LogP contribution in [0.5, 0.6) is 0 Å². The number of ether oxygens (including phenoxy) is 1. The minimum absolute atomic E-state index is 0.349. The van der Waals surface area contributed by atoms with Crippen LogP contribution in [0.25, 0.3) is 0 Å². The highest BCUT2D eigenvalue weighted by Crippen LogP contribution is 2.34. The quantitative estimate of drug-likeness (QED) is 0.606. The van der Waals surface area contributed by atoms with Crippen molar-refractivity contribution < 1.29 is 4.74 Å². The van der Waals surface area contributed by atoms with E-state index in [2.05, 4.69) is 51.3 Å². The van der Waals surface area contributed by atoms with Crippen LogP contribution in [0.4, 0.5) is 0 Å². The van der Waals surface area contributed by atoms with Gasteiger partial charge in [0.1, 0.15) is 0 Å². The maximum Gasteiger partial charge on any atom is 0.191 e. The van der Waals surface area contributed by atoms with E-state index >= 15 is 0 Å². The lowest BCUT2D eigenvalue weighted by molar-refractivity contribution is 0.0992. The van der Waals surface area contributed by atoms with Crippen LogP contribution in [-0.2, 0) is 24.1 Å². The molecule has 0 radical (unpaired) electrons. The van der Waals surface area contributed by atoms with Crippen molar-refractivity contribution in [3.05, 3.63) is 52.0 Å². The highest BCUT2D eigenvalue weighted by molar-refractivity contribution is 7.09. The molecule has 3 atom stereocenters. The van der Waals surface area contributed by atoms with Crippen LogP contribution >= 0.6 is 11.3 Å². The average Bonchev–Trinajstić information content (AvgIpc) is 3.41. The molecule has 1 aromatic heterocycles. The molecule has 0 aliphatic carbocycles. The van der Waals surface area contributed by atoms with Crippen molar-refractivity contribution in [2.45, 2.75) is 56.9 Å². The van der Waals surface area contributed by atoms with Crippen LogP contribution in [0.2, 0.25) is 0 Å². The number of aryl methyl sites for hydroxylation is 2. The van der Waals surface area contributed by atoms with Gasteiger partial charge in [-0.1, -0.05) is 30.3 Å². The van der Waals surface area contributed by atoms with Gasteiger partial charge in [-0.2, -0.15) is 0 Å². The van der Waals surface area contributed by atoms with Crippen molar-refractivity contribution in [1.82, 2.24) is 15.6 Å². The molecule has 0 amide bonds. The Bertz CT molecular complexity index is 745. The summed E-state index contributed by atoms with van der Waals surface area (Å²) in [4.78, 5) is 9.10. The van der Waals surface area contributed by atoms with E-state index in [4.69, 9.17) is 9.72 Å². The highest BCUT2D eigenvalue weighted by atomic mass is 32.1. The van der Waals surface area contributed by atoms with Gasteiger partial charge in [0.05, 0.1) is 35.5 Å². The Morgan fingerprint density at radius 3 is 2.88 bits per heavy atom. The fourth-order valence-corrected chi connectivity index (χ4v) is 4.57. The number of nitrogens with one attached hydrogen (secondary N) is 2. The Hall–Kier alpha value is -1.92. The van der Waals surface area contributed by atoms with Gasteiger partial charge in [0.15, 0.2) is 5.96 Å². The summed E-state index contributed by atoms with van der Waals surface area (Å²) in [5.41, 5.74) is 2.44. The summed E-state index contributed by atoms with van der Waals surface area (Å²) in [5, 5.41) is 10.2. The lowest BCUT2D eigenvalue weighted by atomic mass is 9.96. The fourth-order valence-electron chi connectivity index (χ4n) is 3.78. The first-order chi connectivity index (χ1) is 12.8. The number of rotatable bonds is 6. The Morgan fingerprint density at radius 2 is 2.15 bits per heavy atom. The Balaban J connectivity index is 1.24. The molecule has 2 aromatic rings. The maximum atomic E-state index is 5.90. The summed E-state index contributed by atoms with van der Waals surface area (Å²) in [6.45, 7) is 0.698. The molecule has 1 aromatic carbocycles. The molecule has 2 bridgehead atoms. The number of guanidine groups is 1. The molecule has 3 unspecified atom stereocenters. The van der Waals surface area contributed by atoms with Crippen molar-refractivity contribution in [3.63, 3.8) is 0 Å². The lowest BCUT2D eigenvalue weighted by Crippen LogP contribution is -2.47. The molecule has 2 saturated heterocycles. The smallest absolute Gasteiger partial charge is 0.191 e. The molecular weight excluding hydrogens is 344 g/mol. The minimum atomic E-state index is 0.349. The van der Waals surface area contributed by atoms with E-state index in [1.54, 1.807) is 11.3 Å². The SMILES string of the molecule is CN=C(NCc1csc(CCc2ccccc2)n1)NC1CC2CCC1O2. The molecule has 26 heavy (non-hydrogen) atoms. The van der Waals surface area contributed by atoms with E-state index in [1.165, 1.54) is 17.0 Å². The van der Waals surface area contributed by atoms with Gasteiger partial charge < -0.3 is 15.4 Å². The Morgan fingerprint density at radius 1 is 1.27 bits per heavy atom. The standard InChI is InChI=1S/C20H26N4OS/c1-21-20(24-17-11-16-8-9-18(17)25-16)22-12-15-13-26-19(23-15)10-7-14-5-3-2-4-6-14/h2-6,13,16-18H,7-12H2,1H3,(H2,21,22,24). The monoisotopic (exact) mass is 370 g/mol. The third kappa shape index (κ3) is 4.24. The van der Waals surface area contributed by atoms with Crippen molar-refractivity contribution in [2.75, 3.05) is 7.05 Å². The average molecular weight is 371 g/mol. The van der Waals surface area contributed by atoms with Gasteiger partial charge in [0.2, 0.25) is 0 Å². The molecule has 3 heterocycles. The van der Waals surface area contributed by atoms with E-state index in [0.29, 0.717) is 24.8 Å². The van der Waals surface area contributed by atoms with Crippen LogP contribution in [0.1, 0.15) is 35.5 Å². The van der Waals surface area contributed by atoms with Gasteiger partial charge >= 0.3 is 0 Å². The van der Waals surface area contributed by atoms with E-state index in [1.807, 2.05) is 7.05 Å². The van der Waals surface area contributed by atoms with Crippen LogP contribution in [0.3, 0.4) is 0 Å². The van der Waals surface area contributed by atoms with Crippen molar-refractivity contribution in [2.24, 2.45) is 4.99 Å². The zero-order chi connectivity index (χ0) is 17.8. The summed E-state index contributed by atoms with van der Waals surface area (Å²) in [6.07, 6.45) is 6.28. The van der Waals surface area contributed by atoms with Gasteiger partial charge in [-0.3, -0.25) is 4.99 Å². The summed E-state index contributed by atoms with van der Waals surface area (Å²) in [5.74, 6) is 0.838. The second-order valence-electron chi connectivity index (χ2n) is 7.00. The molecule has 2 N–H and O–H groups in total. The second kappa shape index (κ2) is 8.18. The normalized spacial score (nSPS) is 24.8. The van der Waals surface area contributed by atoms with E-state index in [-0.39, 0.29) is 0 Å². The first-order valence-corrected chi connectivity index (χ1v) is 10.3. The number of nitrogens with zero attached hydrogens (tertiary/aromatic N) is 2. The van der Waals surface area contributed by atoms with Crippen LogP contribution in [-0.4, -0.2) is 36.2 Å². The zero-order valence-corrected chi connectivity index (χ0v) is 16.0. The predicted molar refractivity (Wildman–Crippen MR) is 106 cm³/mol. The van der Waals surface area contributed by atoms with E-state index in [0.717, 1.165) is 37.3 Å². The summed E-state index contributed by atoms with van der Waals surface area (Å²) in [7, 11) is 1.82. The summed E-state index contributed by atoms with van der Waals surface area (Å²) in [6, 6.07) is 11.0. The molecule has 2 aliphatic heterocycles. The predicted octanol–water partition coefficient (Wildman–Crippen LogP) is 2.91. The molecule has 138 valence electrons. The number of thiazole rings is 1. The van der Waals surface area contributed by atoms with Crippen molar-refractivity contribution >= 4 is 17.3 Å². The molecule has 0 saturated carbocycles. The first kappa shape index (κ1) is 17.5. The summed E-state index contributed by atoms with van der Waals surface area (Å²) >= 11 is 1.74. The summed E-state index contributed by atoms with van der Waals surface area (Å²) < 4.78 is 5.90. The van der Waals surface area contributed by atoms with Gasteiger partial charge in [-0.05, 0) is 31.2 Å². The first-order valence-electron chi connectivity index (χ1n) is 9.40. The molecule has 2 aliphatic rings. The van der Waals surface area contributed by atoms with Gasteiger partial charge in [-0.15, -0.1) is 11.3 Å². The highest BCUT2D eigenvalue weighted by Gasteiger charge is 2.41. The lowest BCUT2D eigenvalue weighted by Gasteiger charge is -2.22. The Labute approximate surface area is 158 Å². The maximum absolute atomic E-state index is 5.90. The van der Waals surface area contributed by atoms with Gasteiger partial charge in [0.25, 0.3) is 0 Å². The Kier molecular flexibility index (Phi) is 5.51. The molecular formula is C20H26N4OS. The van der Waals surface area contributed by atoms with Gasteiger partial charge in [-0.25, -0.2) is 4.98 Å². The van der Waals surface area contributed by atoms with Crippen molar-refractivity contribution in [3.8, 4) is 0 Å². The van der Waals surface area contributed by atoms with E-state index < -0.39 is 0 Å². The topological polar surface area (TPSA) is 58.5 Å². The zero-order valence-electron chi connectivity index (χ0n) is 15.1. The number of aliphatic imine (C=N–C) groups is 1. The van der Waals surface area contributed by atoms with Crippen molar-refractivity contribution in [1.29, 1.82) is 0 Å². The largest absolute Gasteiger partial charge is 0.373 e. The van der Waals surface area contributed by atoms with Crippen LogP contribution in [0.15, 0.2) is 40.7 Å². The van der Waals surface area contributed by atoms with Crippen LogP contribution in [0, 0.1) is 0 Å². The number of fused-ring (bicyclic) bond motifs is 2. The second-order valence-corrected chi connectivity index (χ2v) is 7.95. The fraction of sp³-hybridized carbons (Fsp3) is 0.500. The van der Waals surface area contributed by atoms with Crippen LogP contribution < -0.4 is 10.6 Å². The van der Waals surface area contributed by atoms with E-state index in [9.17, 15) is 0 Å². The molecule has 0 spiro atoms. The third-order valence-electron chi connectivity index (χ3n) is 5.16. The number of hydrogen-bond donors (Lipinski definition) is 2. The molecule has 4 rings (SSSR count). The third-order valence-corrected chi connectivity index (χ3v) is 6.12. The molecule has 5 nitrogen and oxygen atoms in total. The number of benzene rings is 1. The molecule has 2 fully saturated rings.